The molecule has 0 saturated carbocycles. The monoisotopic (exact) mass is 283 g/mol. The molecule has 0 amide bonds. The lowest BCUT2D eigenvalue weighted by Gasteiger charge is -2.14. The summed E-state index contributed by atoms with van der Waals surface area (Å²) in [6.07, 6.45) is 3.31. The molecule has 0 bridgehead atoms. The Morgan fingerprint density at radius 2 is 1.95 bits per heavy atom. The highest BCUT2D eigenvalue weighted by Crippen LogP contribution is 2.17. The molecular weight excluding hydrogens is 266 g/mol. The summed E-state index contributed by atoms with van der Waals surface area (Å²) in [4.78, 5) is 12.5. The van der Waals surface area contributed by atoms with Crippen LogP contribution in [-0.2, 0) is 26.6 Å². The van der Waals surface area contributed by atoms with Gasteiger partial charge in [-0.05, 0) is 25.0 Å². The molecule has 0 radical (unpaired) electrons. The van der Waals surface area contributed by atoms with E-state index in [0.29, 0.717) is 6.54 Å². The van der Waals surface area contributed by atoms with Gasteiger partial charge in [0.2, 0.25) is 0 Å². The quantitative estimate of drug-likeness (QED) is 0.712. The van der Waals surface area contributed by atoms with Crippen LogP contribution in [0.1, 0.15) is 24.5 Å². The van der Waals surface area contributed by atoms with E-state index in [1.165, 1.54) is 6.42 Å². The number of aryl methyl sites for hydroxylation is 2. The summed E-state index contributed by atoms with van der Waals surface area (Å²) in [5.41, 5.74) is 1.88. The Bertz CT molecular complexity index is 870. The molecule has 0 atom stereocenters. The van der Waals surface area contributed by atoms with E-state index < -0.39 is 0 Å². The molecule has 4 rings (SSSR count). The van der Waals surface area contributed by atoms with Crippen molar-refractivity contribution in [1.29, 1.82) is 0 Å². The van der Waals surface area contributed by atoms with Crippen molar-refractivity contribution in [1.82, 2.24) is 23.9 Å². The lowest BCUT2D eigenvalue weighted by Crippen LogP contribution is -2.24. The summed E-state index contributed by atoms with van der Waals surface area (Å²) in [5.74, 6) is 1.92. The summed E-state index contributed by atoms with van der Waals surface area (Å²) < 4.78 is 5.63. The van der Waals surface area contributed by atoms with Gasteiger partial charge in [0.05, 0.1) is 17.6 Å². The first-order chi connectivity index (χ1) is 10.3. The molecule has 3 heterocycles. The SMILES string of the molecule is Cn1c(=O)n(Cc2nnc3n2CCCC3)c2ccccc21. The number of hydrogen-bond acceptors (Lipinski definition) is 3. The molecule has 108 valence electrons. The summed E-state index contributed by atoms with van der Waals surface area (Å²) in [6.45, 7) is 1.43. The van der Waals surface area contributed by atoms with E-state index in [2.05, 4.69) is 14.8 Å². The molecule has 0 saturated heterocycles. The third-order valence-electron chi connectivity index (χ3n) is 4.29. The number of rotatable bonds is 2. The second-order valence-corrected chi connectivity index (χ2v) is 5.56. The lowest BCUT2D eigenvalue weighted by molar-refractivity contribution is 0.501. The van der Waals surface area contributed by atoms with Crippen molar-refractivity contribution in [2.24, 2.45) is 7.05 Å². The van der Waals surface area contributed by atoms with Crippen LogP contribution in [-0.4, -0.2) is 23.9 Å². The number of nitrogens with zero attached hydrogens (tertiary/aromatic N) is 5. The molecule has 6 nitrogen and oxygen atoms in total. The summed E-state index contributed by atoms with van der Waals surface area (Å²) >= 11 is 0. The molecule has 2 aromatic heterocycles. The Hall–Kier alpha value is -2.37. The Kier molecular flexibility index (Phi) is 2.70. The highest BCUT2D eigenvalue weighted by atomic mass is 16.1. The highest BCUT2D eigenvalue weighted by molar-refractivity contribution is 5.75. The molecule has 0 unspecified atom stereocenters. The van der Waals surface area contributed by atoms with Gasteiger partial charge in [-0.3, -0.25) is 9.13 Å². The van der Waals surface area contributed by atoms with E-state index in [1.54, 1.807) is 16.2 Å². The van der Waals surface area contributed by atoms with Crippen LogP contribution in [0.4, 0.5) is 0 Å². The summed E-state index contributed by atoms with van der Waals surface area (Å²) in [7, 11) is 1.81. The average molecular weight is 283 g/mol. The van der Waals surface area contributed by atoms with E-state index in [1.807, 2.05) is 24.3 Å². The number of benzene rings is 1. The third kappa shape index (κ3) is 1.82. The van der Waals surface area contributed by atoms with Crippen LogP contribution < -0.4 is 5.69 Å². The second-order valence-electron chi connectivity index (χ2n) is 5.56. The maximum absolute atomic E-state index is 12.5. The van der Waals surface area contributed by atoms with Crippen LogP contribution in [0.15, 0.2) is 29.1 Å². The molecule has 1 aliphatic heterocycles. The predicted molar refractivity (Wildman–Crippen MR) is 79.2 cm³/mol. The minimum Gasteiger partial charge on any atom is -0.313 e. The molecule has 1 aromatic carbocycles. The molecule has 1 aliphatic rings. The van der Waals surface area contributed by atoms with Gasteiger partial charge >= 0.3 is 5.69 Å². The largest absolute Gasteiger partial charge is 0.329 e. The first-order valence-corrected chi connectivity index (χ1v) is 7.31. The molecule has 0 spiro atoms. The fourth-order valence-electron chi connectivity index (χ4n) is 3.14. The summed E-state index contributed by atoms with van der Waals surface area (Å²) in [5, 5.41) is 8.55. The van der Waals surface area contributed by atoms with Crippen LogP contribution in [0.25, 0.3) is 11.0 Å². The van der Waals surface area contributed by atoms with Crippen molar-refractivity contribution in [2.75, 3.05) is 0 Å². The Labute approximate surface area is 121 Å². The third-order valence-corrected chi connectivity index (χ3v) is 4.29. The average Bonchev–Trinajstić information content (AvgIpc) is 3.04. The van der Waals surface area contributed by atoms with Crippen molar-refractivity contribution < 1.29 is 0 Å². The van der Waals surface area contributed by atoms with Gasteiger partial charge in [0.1, 0.15) is 5.82 Å². The van der Waals surface area contributed by atoms with Crippen LogP contribution >= 0.6 is 0 Å². The Balaban J connectivity index is 1.83. The molecule has 0 fully saturated rings. The van der Waals surface area contributed by atoms with Crippen LogP contribution in [0.2, 0.25) is 0 Å². The molecule has 6 heteroatoms. The first kappa shape index (κ1) is 12.4. The van der Waals surface area contributed by atoms with Crippen LogP contribution in [0.3, 0.4) is 0 Å². The van der Waals surface area contributed by atoms with Crippen LogP contribution in [0.5, 0.6) is 0 Å². The van der Waals surface area contributed by atoms with Gasteiger partial charge in [-0.2, -0.15) is 0 Å². The minimum atomic E-state index is -0.00985. The van der Waals surface area contributed by atoms with Crippen molar-refractivity contribution in [2.45, 2.75) is 32.4 Å². The molecule has 3 aromatic rings. The van der Waals surface area contributed by atoms with E-state index in [4.69, 9.17) is 0 Å². The predicted octanol–water partition coefficient (Wildman–Crippen LogP) is 1.32. The zero-order chi connectivity index (χ0) is 14.4. The highest BCUT2D eigenvalue weighted by Gasteiger charge is 2.18. The topological polar surface area (TPSA) is 57.6 Å². The lowest BCUT2D eigenvalue weighted by atomic mass is 10.2. The normalized spacial score (nSPS) is 14.5. The number of imidazole rings is 1. The van der Waals surface area contributed by atoms with Crippen molar-refractivity contribution in [3.05, 3.63) is 46.4 Å². The minimum absolute atomic E-state index is 0.00985. The Morgan fingerprint density at radius 1 is 1.14 bits per heavy atom. The molecule has 0 aliphatic carbocycles. The van der Waals surface area contributed by atoms with Gasteiger partial charge in [0, 0.05) is 20.0 Å². The van der Waals surface area contributed by atoms with Gasteiger partial charge < -0.3 is 4.57 Å². The number of para-hydroxylation sites is 2. The first-order valence-electron chi connectivity index (χ1n) is 7.31. The van der Waals surface area contributed by atoms with Crippen molar-refractivity contribution in [3.63, 3.8) is 0 Å². The number of hydrogen-bond donors (Lipinski definition) is 0. The van der Waals surface area contributed by atoms with Crippen LogP contribution in [0, 0.1) is 0 Å². The fraction of sp³-hybridized carbons (Fsp3) is 0.400. The van der Waals surface area contributed by atoms with Gasteiger partial charge in [-0.1, -0.05) is 12.1 Å². The van der Waals surface area contributed by atoms with E-state index >= 15 is 0 Å². The van der Waals surface area contributed by atoms with E-state index in [9.17, 15) is 4.79 Å². The van der Waals surface area contributed by atoms with Crippen molar-refractivity contribution in [3.8, 4) is 0 Å². The summed E-state index contributed by atoms with van der Waals surface area (Å²) in [6, 6.07) is 7.85. The zero-order valence-electron chi connectivity index (χ0n) is 12.0. The number of fused-ring (bicyclic) bond motifs is 2. The van der Waals surface area contributed by atoms with Gasteiger partial charge in [0.15, 0.2) is 5.82 Å². The van der Waals surface area contributed by atoms with Crippen molar-refractivity contribution >= 4 is 11.0 Å². The fourth-order valence-corrected chi connectivity index (χ4v) is 3.14. The Morgan fingerprint density at radius 3 is 2.81 bits per heavy atom. The van der Waals surface area contributed by atoms with E-state index in [0.717, 1.165) is 42.1 Å². The van der Waals surface area contributed by atoms with E-state index in [-0.39, 0.29) is 5.69 Å². The maximum atomic E-state index is 12.5. The molecule has 21 heavy (non-hydrogen) atoms. The number of aromatic nitrogens is 5. The van der Waals surface area contributed by atoms with Gasteiger partial charge in [-0.15, -0.1) is 10.2 Å². The molecule has 0 N–H and O–H groups in total. The zero-order valence-corrected chi connectivity index (χ0v) is 12.0. The molecular formula is C15H17N5O. The van der Waals surface area contributed by atoms with Gasteiger partial charge in [0.25, 0.3) is 0 Å². The standard InChI is InChI=1S/C15H17N5O/c1-18-11-6-2-3-7-12(11)20(15(18)21)10-14-17-16-13-8-4-5-9-19(13)14/h2-3,6-7H,4-5,8-10H2,1H3. The second kappa shape index (κ2) is 4.58. The van der Waals surface area contributed by atoms with Gasteiger partial charge in [-0.25, -0.2) is 4.79 Å². The smallest absolute Gasteiger partial charge is 0.313 e. The maximum Gasteiger partial charge on any atom is 0.329 e.